The van der Waals surface area contributed by atoms with E-state index in [0.29, 0.717) is 19.8 Å². The normalized spacial score (nSPS) is 16.2. The number of aliphatic hydroxyl groups excluding tert-OH is 1. The molecule has 110 valence electrons. The summed E-state index contributed by atoms with van der Waals surface area (Å²) in [6, 6.07) is 0.264. The zero-order valence-electron chi connectivity index (χ0n) is 12.0. The van der Waals surface area contributed by atoms with E-state index >= 15 is 0 Å². The van der Waals surface area contributed by atoms with E-state index in [4.69, 9.17) is 9.47 Å². The van der Waals surface area contributed by atoms with Crippen molar-refractivity contribution in [2.75, 3.05) is 26.9 Å². The van der Waals surface area contributed by atoms with Crippen LogP contribution in [-0.4, -0.2) is 59.8 Å². The standard InChI is InChI=1S/C13H25N3O3/c1-11(7-16-5-4-14-10-16)15-6-13(17)9-19-12(2)8-18-3/h4-5,10-13,15,17H,6-9H2,1-3H3. The number of ether oxygens (including phenoxy) is 2. The maximum atomic E-state index is 9.79. The van der Waals surface area contributed by atoms with Crippen molar-refractivity contribution < 1.29 is 14.6 Å². The van der Waals surface area contributed by atoms with Crippen LogP contribution >= 0.6 is 0 Å². The lowest BCUT2D eigenvalue weighted by molar-refractivity contribution is -0.0315. The Bertz CT molecular complexity index is 319. The van der Waals surface area contributed by atoms with Crippen molar-refractivity contribution in [2.45, 2.75) is 38.6 Å². The van der Waals surface area contributed by atoms with Crippen LogP contribution in [0.1, 0.15) is 13.8 Å². The van der Waals surface area contributed by atoms with Crippen LogP contribution in [0, 0.1) is 0 Å². The van der Waals surface area contributed by atoms with Gasteiger partial charge in [-0.3, -0.25) is 0 Å². The van der Waals surface area contributed by atoms with Crippen molar-refractivity contribution in [1.29, 1.82) is 0 Å². The predicted octanol–water partition coefficient (Wildman–Crippen LogP) is 0.274. The summed E-state index contributed by atoms with van der Waals surface area (Å²) in [6.07, 6.45) is 4.95. The van der Waals surface area contributed by atoms with Gasteiger partial charge in [0, 0.05) is 38.6 Å². The van der Waals surface area contributed by atoms with Gasteiger partial charge in [0.2, 0.25) is 0 Å². The molecule has 6 heteroatoms. The van der Waals surface area contributed by atoms with Crippen LogP contribution in [0.5, 0.6) is 0 Å². The second kappa shape index (κ2) is 9.03. The molecule has 0 aliphatic carbocycles. The number of methoxy groups -OCH3 is 1. The molecule has 19 heavy (non-hydrogen) atoms. The van der Waals surface area contributed by atoms with E-state index in [9.17, 15) is 5.11 Å². The second-order valence-corrected chi connectivity index (χ2v) is 4.82. The van der Waals surface area contributed by atoms with E-state index in [0.717, 1.165) is 6.54 Å². The van der Waals surface area contributed by atoms with Crippen LogP contribution < -0.4 is 5.32 Å². The molecule has 0 saturated carbocycles. The van der Waals surface area contributed by atoms with Crippen molar-refractivity contribution in [1.82, 2.24) is 14.9 Å². The summed E-state index contributed by atoms with van der Waals surface area (Å²) in [5.41, 5.74) is 0. The highest BCUT2D eigenvalue weighted by Crippen LogP contribution is 1.95. The quantitative estimate of drug-likeness (QED) is 0.639. The minimum absolute atomic E-state index is 0.00280. The van der Waals surface area contributed by atoms with Gasteiger partial charge >= 0.3 is 0 Å². The summed E-state index contributed by atoms with van der Waals surface area (Å²) in [6.45, 7) is 6.18. The smallest absolute Gasteiger partial charge is 0.0946 e. The highest BCUT2D eigenvalue weighted by atomic mass is 16.5. The third-order valence-corrected chi connectivity index (χ3v) is 2.72. The summed E-state index contributed by atoms with van der Waals surface area (Å²) in [4.78, 5) is 3.99. The molecule has 0 spiro atoms. The third kappa shape index (κ3) is 7.27. The monoisotopic (exact) mass is 271 g/mol. The SMILES string of the molecule is COCC(C)OCC(O)CNC(C)Cn1ccnc1. The largest absolute Gasteiger partial charge is 0.389 e. The van der Waals surface area contributed by atoms with Gasteiger partial charge in [-0.1, -0.05) is 0 Å². The number of hydrogen-bond acceptors (Lipinski definition) is 5. The Kier molecular flexibility index (Phi) is 7.66. The molecule has 3 unspecified atom stereocenters. The van der Waals surface area contributed by atoms with Gasteiger partial charge in [0.15, 0.2) is 0 Å². The van der Waals surface area contributed by atoms with Crippen molar-refractivity contribution in [2.24, 2.45) is 0 Å². The van der Waals surface area contributed by atoms with Gasteiger partial charge < -0.3 is 24.5 Å². The molecular formula is C13H25N3O3. The van der Waals surface area contributed by atoms with Crippen molar-refractivity contribution in [3.63, 3.8) is 0 Å². The lowest BCUT2D eigenvalue weighted by Crippen LogP contribution is -2.38. The first-order chi connectivity index (χ1) is 9.11. The van der Waals surface area contributed by atoms with E-state index in [1.54, 1.807) is 19.6 Å². The lowest BCUT2D eigenvalue weighted by Gasteiger charge is -2.19. The Hall–Kier alpha value is -0.950. The molecule has 0 radical (unpaired) electrons. The zero-order valence-corrected chi connectivity index (χ0v) is 12.0. The highest BCUT2D eigenvalue weighted by Gasteiger charge is 2.10. The fourth-order valence-electron chi connectivity index (χ4n) is 1.73. The number of aromatic nitrogens is 2. The first kappa shape index (κ1) is 16.1. The molecule has 0 aliphatic rings. The van der Waals surface area contributed by atoms with E-state index in [-0.39, 0.29) is 12.1 Å². The molecule has 0 bridgehead atoms. The van der Waals surface area contributed by atoms with Crippen LogP contribution in [-0.2, 0) is 16.0 Å². The number of rotatable bonds is 10. The third-order valence-electron chi connectivity index (χ3n) is 2.72. The van der Waals surface area contributed by atoms with Gasteiger partial charge in [-0.05, 0) is 13.8 Å². The zero-order chi connectivity index (χ0) is 14.1. The topological polar surface area (TPSA) is 68.5 Å². The first-order valence-corrected chi connectivity index (χ1v) is 6.59. The van der Waals surface area contributed by atoms with Gasteiger partial charge in [0.1, 0.15) is 0 Å². The molecule has 1 aromatic rings. The van der Waals surface area contributed by atoms with E-state index in [2.05, 4.69) is 17.2 Å². The van der Waals surface area contributed by atoms with Gasteiger partial charge in [-0.2, -0.15) is 0 Å². The number of hydrogen-bond donors (Lipinski definition) is 2. The lowest BCUT2D eigenvalue weighted by atomic mass is 10.3. The molecule has 6 nitrogen and oxygen atoms in total. The first-order valence-electron chi connectivity index (χ1n) is 6.59. The average molecular weight is 271 g/mol. The number of nitrogens with zero attached hydrogens (tertiary/aromatic N) is 2. The molecule has 0 aromatic carbocycles. The predicted molar refractivity (Wildman–Crippen MR) is 73.0 cm³/mol. The minimum Gasteiger partial charge on any atom is -0.389 e. The summed E-state index contributed by atoms with van der Waals surface area (Å²) in [5.74, 6) is 0. The fourth-order valence-corrected chi connectivity index (χ4v) is 1.73. The molecule has 0 aliphatic heterocycles. The van der Waals surface area contributed by atoms with E-state index < -0.39 is 6.10 Å². The minimum atomic E-state index is -0.510. The molecule has 1 rings (SSSR count). The van der Waals surface area contributed by atoms with Gasteiger partial charge in [-0.25, -0.2) is 4.98 Å². The van der Waals surface area contributed by atoms with Gasteiger partial charge in [0.05, 0.1) is 31.7 Å². The summed E-state index contributed by atoms with van der Waals surface area (Å²) >= 11 is 0. The summed E-state index contributed by atoms with van der Waals surface area (Å²) < 4.78 is 12.4. The van der Waals surface area contributed by atoms with Crippen molar-refractivity contribution in [3.05, 3.63) is 18.7 Å². The molecule has 1 heterocycles. The average Bonchev–Trinajstić information content (AvgIpc) is 2.87. The maximum Gasteiger partial charge on any atom is 0.0946 e. The van der Waals surface area contributed by atoms with E-state index in [1.165, 1.54) is 0 Å². The number of aliphatic hydroxyl groups is 1. The van der Waals surface area contributed by atoms with Crippen LogP contribution in [0.15, 0.2) is 18.7 Å². The van der Waals surface area contributed by atoms with Crippen LogP contribution in [0.3, 0.4) is 0 Å². The maximum absolute atomic E-state index is 9.79. The molecular weight excluding hydrogens is 246 g/mol. The van der Waals surface area contributed by atoms with Gasteiger partial charge in [-0.15, -0.1) is 0 Å². The van der Waals surface area contributed by atoms with Crippen LogP contribution in [0.25, 0.3) is 0 Å². The molecule has 1 aromatic heterocycles. The van der Waals surface area contributed by atoms with Crippen molar-refractivity contribution in [3.8, 4) is 0 Å². The Morgan fingerprint density at radius 3 is 2.79 bits per heavy atom. The fraction of sp³-hybridized carbons (Fsp3) is 0.769. The Morgan fingerprint density at radius 1 is 1.37 bits per heavy atom. The van der Waals surface area contributed by atoms with Crippen LogP contribution in [0.2, 0.25) is 0 Å². The number of nitrogens with one attached hydrogen (secondary N) is 1. The van der Waals surface area contributed by atoms with Crippen molar-refractivity contribution >= 4 is 0 Å². The Labute approximate surface area is 114 Å². The molecule has 0 saturated heterocycles. The summed E-state index contributed by atoms with van der Waals surface area (Å²) in [7, 11) is 1.63. The molecule has 0 fully saturated rings. The molecule has 2 N–H and O–H groups in total. The second-order valence-electron chi connectivity index (χ2n) is 4.82. The Morgan fingerprint density at radius 2 is 2.16 bits per heavy atom. The highest BCUT2D eigenvalue weighted by molar-refractivity contribution is 4.77. The number of imidazole rings is 1. The summed E-state index contributed by atoms with van der Waals surface area (Å²) in [5, 5.41) is 13.1. The Balaban J connectivity index is 2.10. The molecule has 3 atom stereocenters. The van der Waals surface area contributed by atoms with E-state index in [1.807, 2.05) is 17.7 Å². The van der Waals surface area contributed by atoms with Gasteiger partial charge in [0.25, 0.3) is 0 Å². The van der Waals surface area contributed by atoms with Crippen LogP contribution in [0.4, 0.5) is 0 Å². The molecule has 0 amide bonds.